The van der Waals surface area contributed by atoms with Gasteiger partial charge < -0.3 is 19.9 Å². The quantitative estimate of drug-likeness (QED) is 0.713. The minimum atomic E-state index is -1.12. The molecule has 2 heterocycles. The predicted molar refractivity (Wildman–Crippen MR) is 120 cm³/mol. The monoisotopic (exact) mass is 439 g/mol. The topological polar surface area (TPSA) is 79.0 Å². The highest BCUT2D eigenvalue weighted by Crippen LogP contribution is 2.53. The van der Waals surface area contributed by atoms with Gasteiger partial charge in [0.05, 0.1) is 12.5 Å². The van der Waals surface area contributed by atoms with Crippen LogP contribution in [0.4, 0.5) is 10.5 Å². The number of carbonyl (C=O) groups excluding carboxylic acids is 3. The minimum Gasteiger partial charge on any atom is -0.466 e. The summed E-state index contributed by atoms with van der Waals surface area (Å²) < 4.78 is 5.41. The van der Waals surface area contributed by atoms with Crippen LogP contribution < -0.4 is 10.2 Å². The second kappa shape index (κ2) is 8.09. The Kier molecular flexibility index (Phi) is 5.38. The van der Waals surface area contributed by atoms with Crippen molar-refractivity contribution < 1.29 is 19.1 Å². The van der Waals surface area contributed by atoms with E-state index >= 15 is 0 Å². The molecular formula is C25H33N3O4. The zero-order valence-corrected chi connectivity index (χ0v) is 19.0. The molecule has 3 atom stereocenters. The lowest BCUT2D eigenvalue weighted by Crippen LogP contribution is -2.63. The summed E-state index contributed by atoms with van der Waals surface area (Å²) in [7, 11) is 0. The van der Waals surface area contributed by atoms with Crippen LogP contribution >= 0.6 is 0 Å². The summed E-state index contributed by atoms with van der Waals surface area (Å²) in [6.07, 6.45) is 6.40. The highest BCUT2D eigenvalue weighted by molar-refractivity contribution is 6.07. The fourth-order valence-electron chi connectivity index (χ4n) is 6.01. The number of ether oxygens (including phenoxy) is 1. The Hall–Kier alpha value is -2.57. The first-order chi connectivity index (χ1) is 15.4. The molecule has 1 aromatic rings. The second-order valence-electron chi connectivity index (χ2n) is 9.94. The zero-order valence-electron chi connectivity index (χ0n) is 19.0. The number of rotatable bonds is 5. The molecule has 1 saturated heterocycles. The number of nitrogens with one attached hydrogen (secondary N) is 1. The molecule has 2 aliphatic carbocycles. The van der Waals surface area contributed by atoms with Crippen LogP contribution in [-0.4, -0.2) is 54.1 Å². The molecule has 0 unspecified atom stereocenters. The minimum absolute atomic E-state index is 0.0820. The van der Waals surface area contributed by atoms with Gasteiger partial charge >= 0.3 is 12.0 Å². The average molecular weight is 440 g/mol. The first kappa shape index (κ1) is 21.3. The van der Waals surface area contributed by atoms with Crippen LogP contribution in [0.3, 0.4) is 0 Å². The van der Waals surface area contributed by atoms with E-state index in [4.69, 9.17) is 4.74 Å². The number of esters is 1. The number of benzene rings is 1. The van der Waals surface area contributed by atoms with Crippen molar-refractivity contribution in [3.05, 3.63) is 29.8 Å². The Morgan fingerprint density at radius 2 is 1.88 bits per heavy atom. The smallest absolute Gasteiger partial charge is 0.318 e. The fourth-order valence-corrected chi connectivity index (χ4v) is 6.01. The van der Waals surface area contributed by atoms with E-state index in [1.807, 2.05) is 36.1 Å². The van der Waals surface area contributed by atoms with Crippen molar-refractivity contribution in [1.29, 1.82) is 0 Å². The summed E-state index contributed by atoms with van der Waals surface area (Å²) in [4.78, 5) is 44.1. The van der Waals surface area contributed by atoms with Gasteiger partial charge in [-0.05, 0) is 57.1 Å². The molecule has 7 nitrogen and oxygen atoms in total. The maximum atomic E-state index is 14.1. The molecule has 0 spiro atoms. The number of amides is 3. The SMILES string of the molecule is CCOC(=O)[C@H]1CN(C(=O)NC2CCCC2)[C@]2(C)C(=O)N(CC3CC3)c3ccccc3[C@H]12. The Balaban J connectivity index is 1.56. The fraction of sp³-hybridized carbons (Fsp3) is 0.640. The summed E-state index contributed by atoms with van der Waals surface area (Å²) >= 11 is 0. The molecule has 5 rings (SSSR count). The van der Waals surface area contributed by atoms with Crippen molar-refractivity contribution >= 4 is 23.6 Å². The number of anilines is 1. The van der Waals surface area contributed by atoms with Crippen molar-refractivity contribution in [2.45, 2.75) is 69.9 Å². The molecule has 2 saturated carbocycles. The number of nitrogens with zero attached hydrogens (tertiary/aromatic N) is 2. The zero-order chi connectivity index (χ0) is 22.5. The van der Waals surface area contributed by atoms with Crippen molar-refractivity contribution in [1.82, 2.24) is 10.2 Å². The van der Waals surface area contributed by atoms with Gasteiger partial charge in [-0.3, -0.25) is 9.59 Å². The Morgan fingerprint density at radius 1 is 1.16 bits per heavy atom. The Labute approximate surface area is 189 Å². The van der Waals surface area contributed by atoms with E-state index in [9.17, 15) is 14.4 Å². The van der Waals surface area contributed by atoms with Gasteiger partial charge in [-0.15, -0.1) is 0 Å². The van der Waals surface area contributed by atoms with E-state index in [2.05, 4.69) is 5.32 Å². The highest BCUT2D eigenvalue weighted by Gasteiger charge is 2.64. The van der Waals surface area contributed by atoms with Crippen LogP contribution in [0.15, 0.2) is 24.3 Å². The summed E-state index contributed by atoms with van der Waals surface area (Å²) in [5, 5.41) is 3.15. The van der Waals surface area contributed by atoms with Crippen LogP contribution in [0, 0.1) is 11.8 Å². The van der Waals surface area contributed by atoms with Crippen molar-refractivity contribution in [2.24, 2.45) is 11.8 Å². The van der Waals surface area contributed by atoms with Gasteiger partial charge in [0, 0.05) is 30.7 Å². The van der Waals surface area contributed by atoms with Crippen LogP contribution in [0.5, 0.6) is 0 Å². The van der Waals surface area contributed by atoms with Gasteiger partial charge in [0.25, 0.3) is 5.91 Å². The molecular weight excluding hydrogens is 406 g/mol. The van der Waals surface area contributed by atoms with Gasteiger partial charge in [0.15, 0.2) is 0 Å². The molecule has 2 aliphatic heterocycles. The van der Waals surface area contributed by atoms with E-state index < -0.39 is 17.4 Å². The van der Waals surface area contributed by atoms with E-state index in [0.29, 0.717) is 12.5 Å². The number of fused-ring (bicyclic) bond motifs is 3. The summed E-state index contributed by atoms with van der Waals surface area (Å²) in [5.74, 6) is -0.896. The number of hydrogen-bond donors (Lipinski definition) is 1. The Morgan fingerprint density at radius 3 is 2.56 bits per heavy atom. The number of likely N-dealkylation sites (tertiary alicyclic amines) is 1. The molecule has 0 aromatic heterocycles. The molecule has 0 radical (unpaired) electrons. The summed E-state index contributed by atoms with van der Waals surface area (Å²) in [6.45, 7) is 4.77. The van der Waals surface area contributed by atoms with Gasteiger partial charge in [-0.25, -0.2) is 4.79 Å². The maximum Gasteiger partial charge on any atom is 0.318 e. The standard InChI is InChI=1S/C25H33N3O4/c1-3-32-22(29)19-15-28(24(31)26-17-8-4-5-9-17)25(2)21(19)18-10-6-7-11-20(18)27(23(25)30)14-16-12-13-16/h6-7,10-11,16-17,19,21H,3-5,8-9,12-15H2,1-2H3,(H,26,31)/t19-,21+,25-/m0/s1. The normalized spacial score (nSPS) is 29.6. The molecule has 4 aliphatic rings. The second-order valence-corrected chi connectivity index (χ2v) is 9.94. The van der Waals surface area contributed by atoms with Gasteiger partial charge in [0.2, 0.25) is 0 Å². The highest BCUT2D eigenvalue weighted by atomic mass is 16.5. The van der Waals surface area contributed by atoms with E-state index in [1.165, 1.54) is 0 Å². The largest absolute Gasteiger partial charge is 0.466 e. The Bertz CT molecular complexity index is 924. The van der Waals surface area contributed by atoms with Crippen molar-refractivity contribution in [3.63, 3.8) is 0 Å². The molecule has 7 heteroatoms. The van der Waals surface area contributed by atoms with Crippen LogP contribution in [-0.2, 0) is 14.3 Å². The number of carbonyl (C=O) groups is 3. The van der Waals surface area contributed by atoms with Crippen LogP contribution in [0.25, 0.3) is 0 Å². The van der Waals surface area contributed by atoms with Gasteiger partial charge in [0.1, 0.15) is 5.54 Å². The van der Waals surface area contributed by atoms with E-state index in [0.717, 1.165) is 49.8 Å². The lowest BCUT2D eigenvalue weighted by molar-refractivity contribution is -0.148. The molecule has 3 amide bonds. The predicted octanol–water partition coefficient (Wildman–Crippen LogP) is 3.43. The molecule has 1 aromatic carbocycles. The lowest BCUT2D eigenvalue weighted by atomic mass is 9.72. The molecule has 172 valence electrons. The summed E-state index contributed by atoms with van der Waals surface area (Å²) in [5.41, 5.74) is 0.715. The first-order valence-corrected chi connectivity index (χ1v) is 12.1. The van der Waals surface area contributed by atoms with E-state index in [-0.39, 0.29) is 37.1 Å². The van der Waals surface area contributed by atoms with Gasteiger partial charge in [-0.2, -0.15) is 0 Å². The average Bonchev–Trinajstić information content (AvgIpc) is 3.34. The van der Waals surface area contributed by atoms with Gasteiger partial charge in [-0.1, -0.05) is 31.0 Å². The third kappa shape index (κ3) is 3.37. The lowest BCUT2D eigenvalue weighted by Gasteiger charge is -2.46. The van der Waals surface area contributed by atoms with Crippen molar-refractivity contribution in [3.8, 4) is 0 Å². The molecule has 1 N–H and O–H groups in total. The summed E-state index contributed by atoms with van der Waals surface area (Å²) in [6, 6.07) is 7.77. The first-order valence-electron chi connectivity index (χ1n) is 12.1. The molecule has 0 bridgehead atoms. The van der Waals surface area contributed by atoms with Crippen molar-refractivity contribution in [2.75, 3.05) is 24.6 Å². The van der Waals surface area contributed by atoms with Crippen LogP contribution in [0.1, 0.15) is 63.9 Å². The number of urea groups is 1. The molecule has 3 fully saturated rings. The number of hydrogen-bond acceptors (Lipinski definition) is 4. The van der Waals surface area contributed by atoms with E-state index in [1.54, 1.807) is 11.8 Å². The van der Waals surface area contributed by atoms with Crippen LogP contribution in [0.2, 0.25) is 0 Å². The molecule has 32 heavy (non-hydrogen) atoms. The maximum absolute atomic E-state index is 14.1. The third-order valence-corrected chi connectivity index (χ3v) is 7.84. The number of para-hydroxylation sites is 1. The third-order valence-electron chi connectivity index (χ3n) is 7.84.